The molecule has 0 amide bonds. The molecule has 0 N–H and O–H groups in total. The zero-order chi connectivity index (χ0) is 14.4. The minimum absolute atomic E-state index is 0.0596. The molecule has 17 heavy (non-hydrogen) atoms. The van der Waals surface area contributed by atoms with E-state index in [2.05, 4.69) is 11.6 Å². The third-order valence-corrected chi connectivity index (χ3v) is 1.38. The number of halogens is 2. The van der Waals surface area contributed by atoms with Crippen molar-refractivity contribution in [2.45, 2.75) is 48.5 Å². The third kappa shape index (κ3) is 8.55. The molecule has 0 radical (unpaired) electrons. The lowest BCUT2D eigenvalue weighted by atomic mass is 10.2. The standard InChI is InChI=1S/C8H7F2N.3C2H6/c1-3-6-4-7(9)5(2)8(10)11-6;3*1-2/h3-4H,1H2,2H3;3*1-2H3. The van der Waals surface area contributed by atoms with Crippen LogP contribution in [-0.2, 0) is 0 Å². The first-order chi connectivity index (χ1) is 8.15. The van der Waals surface area contributed by atoms with Crippen LogP contribution in [0.15, 0.2) is 12.6 Å². The van der Waals surface area contributed by atoms with Crippen molar-refractivity contribution < 1.29 is 8.78 Å². The summed E-state index contributed by atoms with van der Waals surface area (Å²) in [5.41, 5.74) is 0.154. The predicted octanol–water partition coefficient (Wildman–Crippen LogP) is 5.39. The molecular weight excluding hydrogens is 220 g/mol. The summed E-state index contributed by atoms with van der Waals surface area (Å²) in [5, 5.41) is 0. The maximum absolute atomic E-state index is 12.7. The molecule has 1 heterocycles. The van der Waals surface area contributed by atoms with E-state index in [0.29, 0.717) is 0 Å². The van der Waals surface area contributed by atoms with Gasteiger partial charge in [-0.3, -0.25) is 0 Å². The molecule has 1 aromatic heterocycles. The molecule has 0 aliphatic heterocycles. The highest BCUT2D eigenvalue weighted by Gasteiger charge is 2.05. The van der Waals surface area contributed by atoms with E-state index in [-0.39, 0.29) is 11.3 Å². The lowest BCUT2D eigenvalue weighted by molar-refractivity contribution is 0.536. The van der Waals surface area contributed by atoms with Crippen molar-refractivity contribution in [2.24, 2.45) is 0 Å². The maximum atomic E-state index is 12.7. The molecule has 0 saturated heterocycles. The first-order valence-electron chi connectivity index (χ1n) is 6.10. The van der Waals surface area contributed by atoms with Gasteiger partial charge >= 0.3 is 0 Å². The fourth-order valence-electron chi connectivity index (χ4n) is 0.671. The molecular formula is C14H25F2N. The van der Waals surface area contributed by atoms with E-state index in [0.717, 1.165) is 6.07 Å². The summed E-state index contributed by atoms with van der Waals surface area (Å²) in [6.07, 6.45) is 1.30. The van der Waals surface area contributed by atoms with Gasteiger partial charge in [0.2, 0.25) is 5.95 Å². The maximum Gasteiger partial charge on any atom is 0.219 e. The normalized spacial score (nSPS) is 7.35. The monoisotopic (exact) mass is 245 g/mol. The molecule has 1 rings (SSSR count). The minimum Gasteiger partial charge on any atom is -0.220 e. The SMILES string of the molecule is C=Cc1cc(F)c(C)c(F)n1.CC.CC.CC. The van der Waals surface area contributed by atoms with Crippen molar-refractivity contribution in [2.75, 3.05) is 0 Å². The van der Waals surface area contributed by atoms with Crippen molar-refractivity contribution in [1.82, 2.24) is 4.98 Å². The van der Waals surface area contributed by atoms with Gasteiger partial charge in [-0.2, -0.15) is 4.39 Å². The van der Waals surface area contributed by atoms with Gasteiger partial charge in [0.15, 0.2) is 0 Å². The van der Waals surface area contributed by atoms with E-state index in [9.17, 15) is 8.78 Å². The quantitative estimate of drug-likeness (QED) is 0.604. The van der Waals surface area contributed by atoms with Crippen molar-refractivity contribution in [1.29, 1.82) is 0 Å². The zero-order valence-corrected chi connectivity index (χ0v) is 12.1. The first kappa shape index (κ1) is 21.1. The van der Waals surface area contributed by atoms with Crippen LogP contribution in [0.5, 0.6) is 0 Å². The van der Waals surface area contributed by atoms with E-state index in [1.165, 1.54) is 13.0 Å². The molecule has 1 nitrogen and oxygen atoms in total. The Kier molecular flexibility index (Phi) is 18.3. The van der Waals surface area contributed by atoms with E-state index in [4.69, 9.17) is 0 Å². The van der Waals surface area contributed by atoms with E-state index >= 15 is 0 Å². The zero-order valence-electron chi connectivity index (χ0n) is 12.1. The van der Waals surface area contributed by atoms with Gasteiger partial charge in [-0.25, -0.2) is 9.37 Å². The van der Waals surface area contributed by atoms with Gasteiger partial charge < -0.3 is 0 Å². The number of hydrogen-bond donors (Lipinski definition) is 0. The molecule has 0 atom stereocenters. The lowest BCUT2D eigenvalue weighted by Gasteiger charge is -1.98. The number of hydrogen-bond acceptors (Lipinski definition) is 1. The van der Waals surface area contributed by atoms with Crippen LogP contribution in [0.4, 0.5) is 8.78 Å². The molecule has 3 heteroatoms. The molecule has 0 saturated carbocycles. The first-order valence-corrected chi connectivity index (χ1v) is 6.10. The molecule has 0 aliphatic rings. The van der Waals surface area contributed by atoms with Gasteiger partial charge in [-0.1, -0.05) is 48.1 Å². The average Bonchev–Trinajstić information content (AvgIpc) is 2.42. The van der Waals surface area contributed by atoms with Crippen LogP contribution in [0.1, 0.15) is 52.8 Å². The average molecular weight is 245 g/mol. The highest BCUT2D eigenvalue weighted by atomic mass is 19.1. The number of rotatable bonds is 1. The summed E-state index contributed by atoms with van der Waals surface area (Å²) in [6, 6.07) is 1.14. The Hall–Kier alpha value is -1.25. The van der Waals surface area contributed by atoms with Crippen molar-refractivity contribution in [3.05, 3.63) is 35.7 Å². The molecule has 0 unspecified atom stereocenters. The molecule has 1 aromatic rings. The number of pyridine rings is 1. The topological polar surface area (TPSA) is 12.9 Å². The van der Waals surface area contributed by atoms with Crippen LogP contribution in [0.3, 0.4) is 0 Å². The van der Waals surface area contributed by atoms with Gasteiger partial charge in [-0.15, -0.1) is 0 Å². The van der Waals surface area contributed by atoms with Crippen LogP contribution < -0.4 is 0 Å². The highest BCUT2D eigenvalue weighted by molar-refractivity contribution is 5.41. The minimum atomic E-state index is -0.778. The van der Waals surface area contributed by atoms with Crippen LogP contribution in [0.2, 0.25) is 0 Å². The largest absolute Gasteiger partial charge is 0.220 e. The van der Waals surface area contributed by atoms with Crippen LogP contribution >= 0.6 is 0 Å². The Morgan fingerprint density at radius 3 is 1.76 bits per heavy atom. The summed E-state index contributed by atoms with van der Waals surface area (Å²) in [5.74, 6) is -1.37. The smallest absolute Gasteiger partial charge is 0.219 e. The van der Waals surface area contributed by atoms with Gasteiger partial charge in [0.1, 0.15) is 5.82 Å². The van der Waals surface area contributed by atoms with Gasteiger partial charge in [0.05, 0.1) is 5.69 Å². The second kappa shape index (κ2) is 14.8. The molecule has 0 spiro atoms. The summed E-state index contributed by atoms with van der Waals surface area (Å²) < 4.78 is 25.3. The third-order valence-electron chi connectivity index (χ3n) is 1.38. The second-order valence-corrected chi connectivity index (χ2v) is 2.15. The fourth-order valence-corrected chi connectivity index (χ4v) is 0.671. The molecule has 100 valence electrons. The van der Waals surface area contributed by atoms with Crippen molar-refractivity contribution in [3.63, 3.8) is 0 Å². The molecule has 0 aliphatic carbocycles. The van der Waals surface area contributed by atoms with Crippen LogP contribution in [0.25, 0.3) is 6.08 Å². The van der Waals surface area contributed by atoms with Crippen molar-refractivity contribution in [3.8, 4) is 0 Å². The Morgan fingerprint density at radius 1 is 1.06 bits per heavy atom. The van der Waals surface area contributed by atoms with Crippen LogP contribution in [0, 0.1) is 18.7 Å². The van der Waals surface area contributed by atoms with E-state index < -0.39 is 11.8 Å². The van der Waals surface area contributed by atoms with Gasteiger partial charge in [-0.05, 0) is 13.0 Å². The fraction of sp³-hybridized carbons (Fsp3) is 0.500. The Balaban J connectivity index is -0.000000285. The summed E-state index contributed by atoms with van der Waals surface area (Å²) >= 11 is 0. The van der Waals surface area contributed by atoms with E-state index in [1.54, 1.807) is 0 Å². The highest BCUT2D eigenvalue weighted by Crippen LogP contribution is 2.10. The lowest BCUT2D eigenvalue weighted by Crippen LogP contribution is -1.94. The summed E-state index contributed by atoms with van der Waals surface area (Å²) in [6.45, 7) is 16.7. The Labute approximate surface area is 105 Å². The number of aromatic nitrogens is 1. The Morgan fingerprint density at radius 2 is 1.47 bits per heavy atom. The molecule has 0 fully saturated rings. The number of nitrogens with zero attached hydrogens (tertiary/aromatic N) is 1. The van der Waals surface area contributed by atoms with E-state index in [1.807, 2.05) is 41.5 Å². The summed E-state index contributed by atoms with van der Waals surface area (Å²) in [7, 11) is 0. The van der Waals surface area contributed by atoms with Gasteiger partial charge in [0.25, 0.3) is 0 Å². The molecule has 0 bridgehead atoms. The predicted molar refractivity (Wildman–Crippen MR) is 73.0 cm³/mol. The van der Waals surface area contributed by atoms with Gasteiger partial charge in [0, 0.05) is 11.6 Å². The summed E-state index contributed by atoms with van der Waals surface area (Å²) in [4.78, 5) is 3.43. The molecule has 0 aromatic carbocycles. The second-order valence-electron chi connectivity index (χ2n) is 2.15. The van der Waals surface area contributed by atoms with Crippen molar-refractivity contribution >= 4 is 6.08 Å². The van der Waals surface area contributed by atoms with Crippen LogP contribution in [-0.4, -0.2) is 4.98 Å². The Bertz CT molecular complexity index is 273.